The second-order valence-electron chi connectivity index (χ2n) is 5.94. The number of hydrogen-bond acceptors (Lipinski definition) is 3. The number of benzene rings is 2. The van der Waals surface area contributed by atoms with Crippen LogP contribution in [0.4, 0.5) is 0 Å². The van der Waals surface area contributed by atoms with Crippen LogP contribution in [0.3, 0.4) is 0 Å². The molecule has 1 fully saturated rings. The third-order valence-corrected chi connectivity index (χ3v) is 4.20. The fraction of sp³-hybridized carbons (Fsp3) is 0.368. The molecule has 3 heteroatoms. The molecule has 2 aromatic rings. The Kier molecular flexibility index (Phi) is 4.88. The molecule has 3 nitrogen and oxygen atoms in total. The van der Waals surface area contributed by atoms with Gasteiger partial charge < -0.3 is 14.6 Å². The third kappa shape index (κ3) is 3.74. The van der Waals surface area contributed by atoms with E-state index in [1.54, 1.807) is 0 Å². The fourth-order valence-electron chi connectivity index (χ4n) is 2.81. The molecule has 1 saturated heterocycles. The van der Waals surface area contributed by atoms with Gasteiger partial charge in [-0.3, -0.25) is 0 Å². The lowest BCUT2D eigenvalue weighted by molar-refractivity contribution is 0.0340. The van der Waals surface area contributed by atoms with Crippen molar-refractivity contribution >= 4 is 0 Å². The van der Waals surface area contributed by atoms with Crippen LogP contribution in [0.15, 0.2) is 60.7 Å². The number of aliphatic hydroxyl groups is 1. The highest BCUT2D eigenvalue weighted by molar-refractivity contribution is 5.26. The molecule has 116 valence electrons. The zero-order valence-corrected chi connectivity index (χ0v) is 12.7. The molecule has 0 amide bonds. The molecular weight excluding hydrogens is 276 g/mol. The molecule has 2 unspecified atom stereocenters. The zero-order chi connectivity index (χ0) is 15.3. The van der Waals surface area contributed by atoms with Gasteiger partial charge in [0.2, 0.25) is 0 Å². The Bertz CT molecular complexity index is 566. The van der Waals surface area contributed by atoms with Crippen LogP contribution in [-0.2, 0) is 21.5 Å². The summed E-state index contributed by atoms with van der Waals surface area (Å²) in [7, 11) is 0. The third-order valence-electron chi connectivity index (χ3n) is 4.20. The van der Waals surface area contributed by atoms with Crippen LogP contribution in [0.5, 0.6) is 0 Å². The van der Waals surface area contributed by atoms with Crippen molar-refractivity contribution in [3.8, 4) is 0 Å². The van der Waals surface area contributed by atoms with Crippen LogP contribution >= 0.6 is 0 Å². The second kappa shape index (κ2) is 7.05. The first-order valence-electron chi connectivity index (χ1n) is 7.72. The highest BCUT2D eigenvalue weighted by Crippen LogP contribution is 2.34. The van der Waals surface area contributed by atoms with E-state index in [0.717, 1.165) is 24.2 Å². The van der Waals surface area contributed by atoms with Crippen molar-refractivity contribution in [2.75, 3.05) is 19.8 Å². The van der Waals surface area contributed by atoms with Crippen LogP contribution in [0.25, 0.3) is 0 Å². The topological polar surface area (TPSA) is 42.0 Å². The molecule has 1 aliphatic heterocycles. The van der Waals surface area contributed by atoms with E-state index in [0.29, 0.717) is 13.2 Å². The molecular formula is C19H22O3. The molecule has 2 aromatic carbocycles. The first-order valence-corrected chi connectivity index (χ1v) is 7.72. The van der Waals surface area contributed by atoms with Gasteiger partial charge >= 0.3 is 0 Å². The van der Waals surface area contributed by atoms with E-state index in [-0.39, 0.29) is 12.7 Å². The maximum Gasteiger partial charge on any atom is 0.0820 e. The molecule has 0 spiro atoms. The first-order chi connectivity index (χ1) is 10.8. The lowest BCUT2D eigenvalue weighted by atomic mass is 9.78. The van der Waals surface area contributed by atoms with E-state index in [1.807, 2.05) is 48.5 Å². The van der Waals surface area contributed by atoms with Gasteiger partial charge in [0, 0.05) is 5.41 Å². The molecule has 22 heavy (non-hydrogen) atoms. The van der Waals surface area contributed by atoms with E-state index in [4.69, 9.17) is 9.47 Å². The summed E-state index contributed by atoms with van der Waals surface area (Å²) in [4.78, 5) is 0. The van der Waals surface area contributed by atoms with Crippen molar-refractivity contribution in [3.63, 3.8) is 0 Å². The molecule has 0 bridgehead atoms. The molecule has 3 rings (SSSR count). The average Bonchev–Trinajstić information content (AvgIpc) is 3.40. The second-order valence-corrected chi connectivity index (χ2v) is 5.94. The zero-order valence-electron chi connectivity index (χ0n) is 12.7. The Morgan fingerprint density at radius 1 is 1.05 bits per heavy atom. The van der Waals surface area contributed by atoms with Crippen LogP contribution < -0.4 is 0 Å². The Balaban J connectivity index is 1.70. The summed E-state index contributed by atoms with van der Waals surface area (Å²) in [5, 5.41) is 10.1. The minimum Gasteiger partial charge on any atom is -0.395 e. The first kappa shape index (κ1) is 15.2. The van der Waals surface area contributed by atoms with Crippen molar-refractivity contribution in [3.05, 3.63) is 71.8 Å². The van der Waals surface area contributed by atoms with Gasteiger partial charge in [-0.05, 0) is 17.5 Å². The normalized spacial score (nSPS) is 19.6. The van der Waals surface area contributed by atoms with E-state index in [2.05, 4.69) is 12.1 Å². The molecule has 1 aliphatic rings. The van der Waals surface area contributed by atoms with Crippen molar-refractivity contribution in [1.29, 1.82) is 0 Å². The van der Waals surface area contributed by atoms with Crippen LogP contribution in [0.1, 0.15) is 17.5 Å². The lowest BCUT2D eigenvalue weighted by Crippen LogP contribution is -2.37. The monoisotopic (exact) mass is 298 g/mol. The maximum atomic E-state index is 10.1. The van der Waals surface area contributed by atoms with Gasteiger partial charge in [-0.15, -0.1) is 0 Å². The number of rotatable bonds is 8. The van der Waals surface area contributed by atoms with Gasteiger partial charge in [-0.2, -0.15) is 0 Å². The molecule has 0 aromatic heterocycles. The summed E-state index contributed by atoms with van der Waals surface area (Å²) < 4.78 is 11.3. The lowest BCUT2D eigenvalue weighted by Gasteiger charge is -2.32. The minimum absolute atomic E-state index is 0.0612. The summed E-state index contributed by atoms with van der Waals surface area (Å²) in [6.07, 6.45) is 1.04. The summed E-state index contributed by atoms with van der Waals surface area (Å²) in [6.45, 7) is 1.89. The number of epoxide rings is 1. The molecule has 1 heterocycles. The standard InChI is InChI=1S/C19H22O3/c20-14-19(11-18-13-22-18,17-9-5-2-6-10-17)15-21-12-16-7-3-1-4-8-16/h1-10,18,20H,11-15H2. The van der Waals surface area contributed by atoms with E-state index < -0.39 is 5.41 Å². The highest BCUT2D eigenvalue weighted by Gasteiger charge is 2.39. The minimum atomic E-state index is -0.392. The van der Waals surface area contributed by atoms with Crippen molar-refractivity contribution in [2.24, 2.45) is 0 Å². The van der Waals surface area contributed by atoms with Gasteiger partial charge in [0.05, 0.1) is 32.5 Å². The Morgan fingerprint density at radius 3 is 2.27 bits per heavy atom. The van der Waals surface area contributed by atoms with Gasteiger partial charge in [-0.25, -0.2) is 0 Å². The van der Waals surface area contributed by atoms with E-state index >= 15 is 0 Å². The number of hydrogen-bond donors (Lipinski definition) is 1. The fourth-order valence-corrected chi connectivity index (χ4v) is 2.81. The predicted octanol–water partition coefficient (Wildman–Crippen LogP) is 2.92. The van der Waals surface area contributed by atoms with Gasteiger partial charge in [-0.1, -0.05) is 60.7 Å². The van der Waals surface area contributed by atoms with Crippen LogP contribution in [0.2, 0.25) is 0 Å². The average molecular weight is 298 g/mol. The summed E-state index contributed by atoms with van der Waals surface area (Å²) >= 11 is 0. The van der Waals surface area contributed by atoms with Gasteiger partial charge in [0.1, 0.15) is 0 Å². The van der Waals surface area contributed by atoms with Gasteiger partial charge in [0.25, 0.3) is 0 Å². The number of aliphatic hydroxyl groups excluding tert-OH is 1. The Morgan fingerprint density at radius 2 is 1.68 bits per heavy atom. The molecule has 1 N–H and O–H groups in total. The summed E-state index contributed by atoms with van der Waals surface area (Å²) in [5.41, 5.74) is 1.86. The summed E-state index contributed by atoms with van der Waals surface area (Å²) in [5.74, 6) is 0. The SMILES string of the molecule is OCC(COCc1ccccc1)(CC1CO1)c1ccccc1. The maximum absolute atomic E-state index is 10.1. The van der Waals surface area contributed by atoms with E-state index in [1.165, 1.54) is 0 Å². The van der Waals surface area contributed by atoms with Crippen molar-refractivity contribution < 1.29 is 14.6 Å². The van der Waals surface area contributed by atoms with Crippen molar-refractivity contribution in [1.82, 2.24) is 0 Å². The molecule has 0 aliphatic carbocycles. The van der Waals surface area contributed by atoms with Crippen molar-refractivity contribution in [2.45, 2.75) is 24.5 Å². The van der Waals surface area contributed by atoms with Gasteiger partial charge in [0.15, 0.2) is 0 Å². The Hall–Kier alpha value is -1.68. The molecule has 0 radical (unpaired) electrons. The molecule has 2 atom stereocenters. The number of ether oxygens (including phenoxy) is 2. The summed E-state index contributed by atoms with van der Waals surface area (Å²) in [6, 6.07) is 20.2. The quantitative estimate of drug-likeness (QED) is 0.762. The largest absolute Gasteiger partial charge is 0.395 e. The van der Waals surface area contributed by atoms with Crippen LogP contribution in [-0.4, -0.2) is 31.0 Å². The predicted molar refractivity (Wildman–Crippen MR) is 85.7 cm³/mol. The smallest absolute Gasteiger partial charge is 0.0820 e. The van der Waals surface area contributed by atoms with E-state index in [9.17, 15) is 5.11 Å². The highest BCUT2D eigenvalue weighted by atomic mass is 16.6. The molecule has 0 saturated carbocycles. The van der Waals surface area contributed by atoms with Crippen LogP contribution in [0, 0.1) is 0 Å². The Labute approximate surface area is 131 Å².